The van der Waals surface area contributed by atoms with Crippen LogP contribution in [0.2, 0.25) is 5.15 Å². The number of halogens is 1. The number of aromatic amines is 1. The molecule has 0 aliphatic carbocycles. The topological polar surface area (TPSA) is 83.5 Å². The van der Waals surface area contributed by atoms with Crippen molar-refractivity contribution >= 4 is 11.6 Å². The van der Waals surface area contributed by atoms with Crippen LogP contribution in [0.1, 0.15) is 36.8 Å². The highest BCUT2D eigenvalue weighted by Gasteiger charge is 2.18. The molecule has 0 aliphatic heterocycles. The molecule has 0 radical (unpaired) electrons. The van der Waals surface area contributed by atoms with Gasteiger partial charge in [-0.25, -0.2) is 4.98 Å². The van der Waals surface area contributed by atoms with Gasteiger partial charge in [0, 0.05) is 13.0 Å². The number of hydrogen-bond donors (Lipinski definition) is 2. The van der Waals surface area contributed by atoms with Crippen molar-refractivity contribution in [3.05, 3.63) is 70.8 Å². The Morgan fingerprint density at radius 3 is 2.48 bits per heavy atom. The van der Waals surface area contributed by atoms with Crippen LogP contribution in [0.5, 0.6) is 0 Å². The first kappa shape index (κ1) is 21.2. The number of rotatable bonds is 8. The highest BCUT2D eigenvalue weighted by atomic mass is 35.5. The molecule has 31 heavy (non-hydrogen) atoms. The molecule has 0 atom stereocenters. The highest BCUT2D eigenvalue weighted by Crippen LogP contribution is 2.30. The molecule has 0 saturated heterocycles. The Morgan fingerprint density at radius 2 is 1.84 bits per heavy atom. The summed E-state index contributed by atoms with van der Waals surface area (Å²) < 4.78 is 2.04. The summed E-state index contributed by atoms with van der Waals surface area (Å²) in [6.07, 6.45) is 2.96. The molecule has 2 aromatic carbocycles. The number of H-pyrrole nitrogens is 1. The Hall–Kier alpha value is -3.03. The molecule has 8 heteroatoms. The minimum atomic E-state index is -0.127. The maximum atomic E-state index is 9.79. The summed E-state index contributed by atoms with van der Waals surface area (Å²) in [5.74, 6) is 1.58. The van der Waals surface area contributed by atoms with Gasteiger partial charge in [-0.1, -0.05) is 72.2 Å². The van der Waals surface area contributed by atoms with E-state index in [1.807, 2.05) is 29.8 Å². The molecule has 4 rings (SSSR count). The van der Waals surface area contributed by atoms with Gasteiger partial charge in [-0.05, 0) is 39.5 Å². The van der Waals surface area contributed by atoms with Gasteiger partial charge in [0.05, 0.1) is 23.0 Å². The number of tetrazole rings is 1. The molecule has 7 nitrogen and oxygen atoms in total. The Morgan fingerprint density at radius 1 is 1.10 bits per heavy atom. The molecule has 2 aromatic heterocycles. The van der Waals surface area contributed by atoms with Crippen molar-refractivity contribution in [2.24, 2.45) is 7.05 Å². The molecule has 0 aliphatic rings. The van der Waals surface area contributed by atoms with E-state index in [0.717, 1.165) is 47.3 Å². The minimum Gasteiger partial charge on any atom is -0.390 e. The van der Waals surface area contributed by atoms with Crippen molar-refractivity contribution in [1.82, 2.24) is 25.0 Å². The third-order valence-corrected chi connectivity index (χ3v) is 5.63. The summed E-state index contributed by atoms with van der Waals surface area (Å²) >= 11 is 6.27. The SMILES string of the molecule is CCCCc1nc(Cl)c(CO)n1Cc1ccc(-c2ccccc2-c2n[nH][n+](C)n2)cc1. The number of nitrogens with one attached hydrogen (secondary N) is 1. The summed E-state index contributed by atoms with van der Waals surface area (Å²) in [7, 11) is 1.81. The fourth-order valence-corrected chi connectivity index (χ4v) is 3.95. The zero-order valence-corrected chi connectivity index (χ0v) is 18.5. The van der Waals surface area contributed by atoms with E-state index >= 15 is 0 Å². The van der Waals surface area contributed by atoms with E-state index in [4.69, 9.17) is 11.6 Å². The first-order chi connectivity index (χ1) is 15.1. The molecule has 0 spiro atoms. The van der Waals surface area contributed by atoms with Gasteiger partial charge < -0.3 is 9.67 Å². The molecule has 2 heterocycles. The Balaban J connectivity index is 1.62. The van der Waals surface area contributed by atoms with Gasteiger partial charge in [0.25, 0.3) is 0 Å². The van der Waals surface area contributed by atoms with E-state index in [1.165, 1.54) is 0 Å². The fraction of sp³-hybridized carbons (Fsp3) is 0.304. The van der Waals surface area contributed by atoms with Crippen LogP contribution in [0, 0.1) is 0 Å². The maximum absolute atomic E-state index is 9.79. The summed E-state index contributed by atoms with van der Waals surface area (Å²) in [4.78, 5) is 6.06. The van der Waals surface area contributed by atoms with Crippen LogP contribution >= 0.6 is 11.6 Å². The van der Waals surface area contributed by atoms with Crippen molar-refractivity contribution in [3.8, 4) is 22.5 Å². The molecule has 4 aromatic rings. The lowest BCUT2D eigenvalue weighted by atomic mass is 9.98. The van der Waals surface area contributed by atoms with Crippen LogP contribution in [-0.4, -0.2) is 30.1 Å². The van der Waals surface area contributed by atoms with Crippen LogP contribution in [0.3, 0.4) is 0 Å². The van der Waals surface area contributed by atoms with Gasteiger partial charge >= 0.3 is 5.82 Å². The third kappa shape index (κ3) is 4.52. The molecule has 0 saturated carbocycles. The summed E-state index contributed by atoms with van der Waals surface area (Å²) in [6.45, 7) is 2.64. The number of unbranched alkanes of at least 4 members (excludes halogenated alkanes) is 1. The average Bonchev–Trinajstić information content (AvgIpc) is 3.35. The summed E-state index contributed by atoms with van der Waals surface area (Å²) in [6, 6.07) is 16.5. The van der Waals surface area contributed by atoms with E-state index in [1.54, 1.807) is 4.80 Å². The van der Waals surface area contributed by atoms with Crippen LogP contribution < -0.4 is 4.80 Å². The Bertz CT molecular complexity index is 1170. The predicted octanol–water partition coefficient (Wildman–Crippen LogP) is 3.70. The predicted molar refractivity (Wildman–Crippen MR) is 119 cm³/mol. The van der Waals surface area contributed by atoms with Crippen molar-refractivity contribution in [3.63, 3.8) is 0 Å². The molecule has 0 amide bonds. The lowest BCUT2D eigenvalue weighted by molar-refractivity contribution is -0.783. The molecular weight excluding hydrogens is 412 g/mol. The summed E-state index contributed by atoms with van der Waals surface area (Å²) in [5, 5.41) is 21.7. The normalized spacial score (nSPS) is 11.2. The van der Waals surface area contributed by atoms with Crippen LogP contribution in [0.4, 0.5) is 0 Å². The van der Waals surface area contributed by atoms with Gasteiger partial charge in [-0.15, -0.1) is 0 Å². The standard InChI is InChI=1S/C23H25ClN6O/c1-3-4-9-21-25-22(24)20(15-31)30(21)14-16-10-12-17(13-11-16)18-7-5-6-8-19(18)23-26-28-29(2)27-23/h5-8,10-13,31H,3-4,9,14-15H2,1-2H3/p+1. The number of benzene rings is 2. The first-order valence-electron chi connectivity index (χ1n) is 10.4. The Kier molecular flexibility index (Phi) is 6.44. The van der Waals surface area contributed by atoms with Crippen LogP contribution in [-0.2, 0) is 26.6 Å². The monoisotopic (exact) mass is 437 g/mol. The van der Waals surface area contributed by atoms with E-state index in [2.05, 4.69) is 57.7 Å². The number of aromatic nitrogens is 6. The zero-order valence-electron chi connectivity index (χ0n) is 17.7. The number of aliphatic hydroxyl groups excluding tert-OH is 1. The molecule has 0 fully saturated rings. The number of imidazole rings is 1. The van der Waals surface area contributed by atoms with Crippen molar-refractivity contribution in [1.29, 1.82) is 0 Å². The van der Waals surface area contributed by atoms with Gasteiger partial charge in [0.2, 0.25) is 0 Å². The minimum absolute atomic E-state index is 0.127. The van der Waals surface area contributed by atoms with Crippen molar-refractivity contribution < 1.29 is 9.90 Å². The molecule has 0 bridgehead atoms. The molecule has 0 unspecified atom stereocenters. The largest absolute Gasteiger partial charge is 0.390 e. The van der Waals surface area contributed by atoms with Crippen molar-refractivity contribution in [2.75, 3.05) is 0 Å². The molecule has 2 N–H and O–H groups in total. The highest BCUT2D eigenvalue weighted by molar-refractivity contribution is 6.30. The zero-order chi connectivity index (χ0) is 21.8. The molecule has 160 valence electrons. The lowest BCUT2D eigenvalue weighted by Gasteiger charge is -2.12. The third-order valence-electron chi connectivity index (χ3n) is 5.33. The smallest absolute Gasteiger partial charge is 0.339 e. The quantitative estimate of drug-likeness (QED) is 0.412. The molecular formula is C23H26ClN6O+. The van der Waals surface area contributed by atoms with Gasteiger partial charge in [0.15, 0.2) is 5.15 Å². The second kappa shape index (κ2) is 9.41. The lowest BCUT2D eigenvalue weighted by Crippen LogP contribution is -2.33. The van der Waals surface area contributed by atoms with Crippen LogP contribution in [0.25, 0.3) is 22.5 Å². The Labute approximate surface area is 186 Å². The number of nitrogens with zero attached hydrogens (tertiary/aromatic N) is 5. The number of hydrogen-bond acceptors (Lipinski definition) is 4. The second-order valence-corrected chi connectivity index (χ2v) is 7.87. The van der Waals surface area contributed by atoms with E-state index in [-0.39, 0.29) is 6.61 Å². The second-order valence-electron chi connectivity index (χ2n) is 7.51. The van der Waals surface area contributed by atoms with Crippen molar-refractivity contribution in [2.45, 2.75) is 39.3 Å². The first-order valence-corrected chi connectivity index (χ1v) is 10.8. The van der Waals surface area contributed by atoms with E-state index in [9.17, 15) is 5.11 Å². The van der Waals surface area contributed by atoms with Crippen LogP contribution in [0.15, 0.2) is 48.5 Å². The van der Waals surface area contributed by atoms with Gasteiger partial charge in [-0.2, -0.15) is 0 Å². The van der Waals surface area contributed by atoms with Gasteiger partial charge in [-0.3, -0.25) is 0 Å². The maximum Gasteiger partial charge on any atom is 0.339 e. The van der Waals surface area contributed by atoms with E-state index < -0.39 is 0 Å². The van der Waals surface area contributed by atoms with Gasteiger partial charge in [0.1, 0.15) is 12.9 Å². The average molecular weight is 438 g/mol. The fourth-order valence-electron chi connectivity index (χ4n) is 3.69. The summed E-state index contributed by atoms with van der Waals surface area (Å²) in [5.41, 5.74) is 4.91. The number of aryl methyl sites for hydroxylation is 2. The van der Waals surface area contributed by atoms with E-state index in [0.29, 0.717) is 23.2 Å². The number of aliphatic hydroxyl groups is 1.